The van der Waals surface area contributed by atoms with E-state index in [1.54, 1.807) is 30.5 Å². The fraction of sp³-hybridized carbons (Fsp3) is 0.280. The number of para-hydroxylation sites is 2. The number of hydrogen-bond acceptors (Lipinski definition) is 6. The Labute approximate surface area is 213 Å². The molecule has 0 bridgehead atoms. The Morgan fingerprint density at radius 2 is 1.82 bits per heavy atom. The quantitative estimate of drug-likeness (QED) is 0.296. The molecule has 0 saturated carbocycles. The summed E-state index contributed by atoms with van der Waals surface area (Å²) < 4.78 is 31.8. The molecule has 9 heteroatoms. The van der Waals surface area contributed by atoms with Crippen LogP contribution < -0.4 is 14.5 Å². The van der Waals surface area contributed by atoms with Crippen LogP contribution in [0, 0.1) is 5.82 Å². The lowest BCUT2D eigenvalue weighted by molar-refractivity contribution is 0.520. The highest BCUT2D eigenvalue weighted by molar-refractivity contribution is 8.00. The van der Waals surface area contributed by atoms with Gasteiger partial charge >= 0.3 is 0 Å². The van der Waals surface area contributed by atoms with Gasteiger partial charge in [0.1, 0.15) is 5.82 Å². The third-order valence-electron chi connectivity index (χ3n) is 5.88. The highest BCUT2D eigenvalue weighted by Crippen LogP contribution is 2.34. The largest absolute Gasteiger partial charge is 0.593 e. The van der Waals surface area contributed by atoms with Crippen molar-refractivity contribution in [1.29, 1.82) is 0 Å². The van der Waals surface area contributed by atoms with Crippen LogP contribution >= 0.6 is 23.5 Å². The Morgan fingerprint density at radius 1 is 1.09 bits per heavy atom. The number of rotatable bonds is 8. The predicted molar refractivity (Wildman–Crippen MR) is 143 cm³/mol. The lowest BCUT2D eigenvalue weighted by atomic mass is 10.2. The Balaban J connectivity index is 1.41. The number of nitrogens with one attached hydrogen (secondary N) is 1. The molecule has 0 aliphatic carbocycles. The maximum Gasteiger partial charge on any atom is 0.174 e. The van der Waals surface area contributed by atoms with Gasteiger partial charge in [-0.2, -0.15) is 0 Å². The van der Waals surface area contributed by atoms with E-state index in [2.05, 4.69) is 21.8 Å². The van der Waals surface area contributed by atoms with Gasteiger partial charge in [0.2, 0.25) is 0 Å². The molecule has 2 unspecified atom stereocenters. The van der Waals surface area contributed by atoms with Crippen molar-refractivity contribution in [3.05, 3.63) is 77.6 Å². The first-order valence-electron chi connectivity index (χ1n) is 11.0. The molecule has 1 heterocycles. The second kappa shape index (κ2) is 11.1. The predicted octanol–water partition coefficient (Wildman–Crippen LogP) is 5.90. The summed E-state index contributed by atoms with van der Waals surface area (Å²) >= 11 is 6.29. The van der Waals surface area contributed by atoms with E-state index in [9.17, 15) is 8.94 Å². The van der Waals surface area contributed by atoms with Gasteiger partial charge in [0.15, 0.2) is 4.90 Å². The van der Waals surface area contributed by atoms with Gasteiger partial charge in [-0.15, -0.1) is 4.31 Å². The Bertz CT molecular complexity index is 1120. The number of hydrogen-bond donors (Lipinski definition) is 1. The molecule has 0 amide bonds. The first-order valence-corrected chi connectivity index (χ1v) is 13.3. The highest BCUT2D eigenvalue weighted by Gasteiger charge is 2.28. The van der Waals surface area contributed by atoms with Crippen LogP contribution in [0.1, 0.15) is 6.42 Å². The van der Waals surface area contributed by atoms with Crippen molar-refractivity contribution in [2.75, 3.05) is 48.8 Å². The summed E-state index contributed by atoms with van der Waals surface area (Å²) in [6.45, 7) is 1.69. The topological polar surface area (TPSA) is 44.8 Å². The van der Waals surface area contributed by atoms with E-state index in [1.165, 1.54) is 18.0 Å². The van der Waals surface area contributed by atoms with E-state index < -0.39 is 11.4 Å². The second-order valence-electron chi connectivity index (χ2n) is 8.35. The molecule has 1 N–H and O–H groups in total. The van der Waals surface area contributed by atoms with E-state index in [-0.39, 0.29) is 11.9 Å². The van der Waals surface area contributed by atoms with Gasteiger partial charge in [-0.3, -0.25) is 0 Å². The Morgan fingerprint density at radius 3 is 2.53 bits per heavy atom. The summed E-state index contributed by atoms with van der Waals surface area (Å²) in [6, 6.07) is 21.0. The van der Waals surface area contributed by atoms with Gasteiger partial charge in [0.25, 0.3) is 0 Å². The molecule has 1 aliphatic heterocycles. The molecule has 0 aromatic heterocycles. The summed E-state index contributed by atoms with van der Waals surface area (Å²) in [7, 11) is 5.53. The van der Waals surface area contributed by atoms with Crippen molar-refractivity contribution >= 4 is 52.0 Å². The van der Waals surface area contributed by atoms with Crippen LogP contribution in [0.5, 0.6) is 0 Å². The van der Waals surface area contributed by atoms with Gasteiger partial charge in [0.05, 0.1) is 28.4 Å². The molecular formula is C25H28ClFN4OS2. The summed E-state index contributed by atoms with van der Waals surface area (Å²) in [5, 5.41) is 0.404. The minimum Gasteiger partial charge on any atom is -0.593 e. The average molecular weight is 519 g/mol. The zero-order valence-corrected chi connectivity index (χ0v) is 21.8. The van der Waals surface area contributed by atoms with E-state index in [1.807, 2.05) is 48.3 Å². The van der Waals surface area contributed by atoms with E-state index in [0.717, 1.165) is 40.7 Å². The zero-order valence-electron chi connectivity index (χ0n) is 19.4. The summed E-state index contributed by atoms with van der Waals surface area (Å²) in [5.74, 6) is -0.299. The van der Waals surface area contributed by atoms with Crippen molar-refractivity contribution < 1.29 is 8.94 Å². The smallest absolute Gasteiger partial charge is 0.174 e. The van der Waals surface area contributed by atoms with Crippen LogP contribution in [-0.4, -0.2) is 49.1 Å². The number of likely N-dealkylation sites (N-methyl/N-ethyl adjacent to an activating group) is 1. The minimum atomic E-state index is -1.15. The van der Waals surface area contributed by atoms with Crippen molar-refractivity contribution in [2.24, 2.45) is 0 Å². The lowest BCUT2D eigenvalue weighted by Crippen LogP contribution is -2.35. The zero-order chi connectivity index (χ0) is 24.2. The normalized spacial score (nSPS) is 16.7. The Hall–Kier alpha value is -2.10. The lowest BCUT2D eigenvalue weighted by Gasteiger charge is -2.28. The van der Waals surface area contributed by atoms with Crippen LogP contribution in [0.4, 0.5) is 21.5 Å². The van der Waals surface area contributed by atoms with E-state index in [4.69, 9.17) is 11.6 Å². The van der Waals surface area contributed by atoms with Crippen LogP contribution in [0.15, 0.2) is 76.5 Å². The van der Waals surface area contributed by atoms with Crippen molar-refractivity contribution in [1.82, 2.24) is 4.31 Å². The molecule has 180 valence electrons. The molecule has 1 aliphatic rings. The number of benzene rings is 3. The van der Waals surface area contributed by atoms with Crippen molar-refractivity contribution in [3.8, 4) is 0 Å². The molecule has 3 aromatic rings. The third kappa shape index (κ3) is 5.75. The Kier molecular flexibility index (Phi) is 8.16. The molecule has 3 aromatic carbocycles. The van der Waals surface area contributed by atoms with Gasteiger partial charge in [-0.05, 0) is 73.0 Å². The molecule has 1 saturated heterocycles. The molecule has 5 nitrogen and oxygen atoms in total. The first-order chi connectivity index (χ1) is 16.3. The summed E-state index contributed by atoms with van der Waals surface area (Å²) in [5.41, 5.74) is 2.71. The standard InChI is InChI=1S/C25H28ClFN4OS2/c1-29(2)34(32)21-11-9-20(10-12-21)33-28-23-6-4-5-7-25(23)31-15-14-19(17-31)30(3)24-13-8-18(26)16-22(24)27/h4-13,16,19,28H,14-15,17H2,1-3H3. The molecule has 0 spiro atoms. The number of nitrogens with zero attached hydrogens (tertiary/aromatic N) is 3. The highest BCUT2D eigenvalue weighted by atomic mass is 35.5. The van der Waals surface area contributed by atoms with E-state index in [0.29, 0.717) is 10.7 Å². The second-order valence-corrected chi connectivity index (χ2v) is 11.4. The van der Waals surface area contributed by atoms with Gasteiger partial charge in [-0.25, -0.2) is 4.39 Å². The van der Waals surface area contributed by atoms with Crippen molar-refractivity contribution in [3.63, 3.8) is 0 Å². The third-order valence-corrected chi connectivity index (χ3v) is 8.29. The summed E-state index contributed by atoms with van der Waals surface area (Å²) in [6.07, 6.45) is 0.935. The molecular weight excluding hydrogens is 491 g/mol. The van der Waals surface area contributed by atoms with Crippen molar-refractivity contribution in [2.45, 2.75) is 22.3 Å². The molecule has 4 rings (SSSR count). The van der Waals surface area contributed by atoms with Gasteiger partial charge < -0.3 is 19.1 Å². The van der Waals surface area contributed by atoms with Crippen LogP contribution in [0.25, 0.3) is 0 Å². The monoisotopic (exact) mass is 518 g/mol. The molecule has 2 atom stereocenters. The molecule has 1 fully saturated rings. The summed E-state index contributed by atoms with van der Waals surface area (Å²) in [4.78, 5) is 6.15. The number of anilines is 3. The van der Waals surface area contributed by atoms with Crippen LogP contribution in [0.2, 0.25) is 5.02 Å². The number of halogens is 2. The van der Waals surface area contributed by atoms with Gasteiger partial charge in [0, 0.05) is 50.2 Å². The van der Waals surface area contributed by atoms with Crippen LogP contribution in [0.3, 0.4) is 0 Å². The minimum absolute atomic E-state index is 0.196. The maximum absolute atomic E-state index is 14.4. The van der Waals surface area contributed by atoms with Gasteiger partial charge in [-0.1, -0.05) is 23.7 Å². The fourth-order valence-electron chi connectivity index (χ4n) is 4.03. The fourth-order valence-corrected chi connectivity index (χ4v) is 5.65. The molecule has 34 heavy (non-hydrogen) atoms. The first kappa shape index (κ1) is 25.0. The van der Waals surface area contributed by atoms with Crippen LogP contribution in [-0.2, 0) is 11.4 Å². The molecule has 0 radical (unpaired) electrons. The van der Waals surface area contributed by atoms with E-state index >= 15 is 0 Å². The average Bonchev–Trinajstić information content (AvgIpc) is 3.32. The SMILES string of the molecule is CN(c1ccc(Cl)cc1F)C1CCN(c2ccccc2NSc2ccc([S+]([O-])N(C)C)cc2)C1. The maximum atomic E-state index is 14.4.